The molecule has 3 heterocycles. The predicted molar refractivity (Wildman–Crippen MR) is 135 cm³/mol. The molecule has 2 atom stereocenters. The second kappa shape index (κ2) is 10.3. The van der Waals surface area contributed by atoms with E-state index in [0.717, 1.165) is 36.3 Å². The van der Waals surface area contributed by atoms with Crippen molar-refractivity contribution in [2.24, 2.45) is 5.92 Å². The van der Waals surface area contributed by atoms with Crippen molar-refractivity contribution in [3.63, 3.8) is 0 Å². The third-order valence-corrected chi connectivity index (χ3v) is 7.33. The van der Waals surface area contributed by atoms with E-state index in [1.807, 2.05) is 0 Å². The molecule has 1 aromatic carbocycles. The smallest absolute Gasteiger partial charge is 0.416 e. The lowest BCUT2D eigenvalue weighted by Gasteiger charge is -2.21. The van der Waals surface area contributed by atoms with E-state index in [2.05, 4.69) is 32.3 Å². The van der Waals surface area contributed by atoms with Crippen LogP contribution < -0.4 is 10.1 Å². The number of aliphatic hydroxyl groups excluding tert-OH is 1. The predicted octanol–water partition coefficient (Wildman–Crippen LogP) is 4.38. The van der Waals surface area contributed by atoms with Crippen LogP contribution in [0, 0.1) is 17.8 Å². The summed E-state index contributed by atoms with van der Waals surface area (Å²) in [7, 11) is 3.11. The molecule has 2 unspecified atom stereocenters. The van der Waals surface area contributed by atoms with Crippen molar-refractivity contribution in [1.29, 1.82) is 0 Å². The number of hydrogen-bond donors (Lipinski definition) is 2. The number of amides is 1. The van der Waals surface area contributed by atoms with Crippen molar-refractivity contribution in [1.82, 2.24) is 20.1 Å². The van der Waals surface area contributed by atoms with Gasteiger partial charge in [0.1, 0.15) is 12.0 Å². The van der Waals surface area contributed by atoms with Gasteiger partial charge < -0.3 is 9.84 Å². The number of nitrogens with one attached hydrogen (secondary N) is 1. The van der Waals surface area contributed by atoms with Crippen LogP contribution in [0.1, 0.15) is 51.8 Å². The quantitative estimate of drug-likeness (QED) is 0.461. The number of benzene rings is 1. The highest BCUT2D eigenvalue weighted by molar-refractivity contribution is 7.15. The van der Waals surface area contributed by atoms with Gasteiger partial charge >= 0.3 is 6.18 Å². The Kier molecular flexibility index (Phi) is 7.09. The molecule has 2 aliphatic rings. The molecule has 2 aromatic heterocycles. The van der Waals surface area contributed by atoms with Gasteiger partial charge in [0.15, 0.2) is 5.01 Å². The average Bonchev–Trinajstić information content (AvgIpc) is 3.53. The Hall–Kier alpha value is -3.53. The number of nitrogens with zero attached hydrogens (tertiary/aromatic N) is 4. The summed E-state index contributed by atoms with van der Waals surface area (Å²) in [4.78, 5) is 19.5. The summed E-state index contributed by atoms with van der Waals surface area (Å²) < 4.78 is 46.2. The fourth-order valence-corrected chi connectivity index (χ4v) is 4.89. The molecule has 1 saturated heterocycles. The topological polar surface area (TPSA) is 100 Å². The van der Waals surface area contributed by atoms with E-state index in [0.29, 0.717) is 29.6 Å². The fraction of sp³-hybridized carbons (Fsp3) is 0.385. The largest absolute Gasteiger partial charge is 0.496 e. The van der Waals surface area contributed by atoms with E-state index < -0.39 is 23.9 Å². The molecule has 1 amide bonds. The van der Waals surface area contributed by atoms with Gasteiger partial charge in [0, 0.05) is 41.4 Å². The van der Waals surface area contributed by atoms with Gasteiger partial charge in [-0.15, -0.1) is 10.2 Å². The van der Waals surface area contributed by atoms with E-state index in [1.165, 1.54) is 19.4 Å². The number of aromatic nitrogens is 3. The second-order valence-electron chi connectivity index (χ2n) is 9.27. The van der Waals surface area contributed by atoms with Crippen LogP contribution in [0.4, 0.5) is 18.3 Å². The number of anilines is 1. The molecule has 0 radical (unpaired) electrons. The maximum Gasteiger partial charge on any atom is 0.416 e. The van der Waals surface area contributed by atoms with Gasteiger partial charge in [-0.3, -0.25) is 20.0 Å². The highest BCUT2D eigenvalue weighted by Gasteiger charge is 2.34. The molecule has 3 aromatic rings. The molecule has 2 fully saturated rings. The standard InChI is InChI=1S/C26H24F3N5O3S/c1-34-10-9-16(24(34)36)20-12-17(18-11-15(26(27,28)29)6-7-21(18)37-2)19(13-30-20)23(35)31-25-33-32-22(38-25)8-5-14-3-4-14/h6-7,11-14,16,24,36H,3-4,9-10H2,1-2H3,(H,31,33,35). The number of aliphatic hydroxyl groups is 1. The van der Waals surface area contributed by atoms with Crippen molar-refractivity contribution in [2.75, 3.05) is 26.0 Å². The zero-order valence-corrected chi connectivity index (χ0v) is 21.4. The van der Waals surface area contributed by atoms with Crippen LogP contribution in [0.2, 0.25) is 0 Å². The minimum atomic E-state index is -4.60. The Morgan fingerprint density at radius 2 is 2.00 bits per heavy atom. The van der Waals surface area contributed by atoms with Gasteiger partial charge in [0.25, 0.3) is 5.91 Å². The Morgan fingerprint density at radius 3 is 2.66 bits per heavy atom. The number of alkyl halides is 3. The summed E-state index contributed by atoms with van der Waals surface area (Å²) >= 11 is 1.10. The molecule has 1 saturated carbocycles. The highest BCUT2D eigenvalue weighted by Crippen LogP contribution is 2.40. The van der Waals surface area contributed by atoms with Crippen LogP contribution in [0.15, 0.2) is 30.5 Å². The number of likely N-dealkylation sites (tertiary alicyclic amines) is 1. The first-order valence-corrected chi connectivity index (χ1v) is 12.8. The Labute approximate surface area is 220 Å². The van der Waals surface area contributed by atoms with Crippen LogP contribution >= 0.6 is 11.3 Å². The van der Waals surface area contributed by atoms with Crippen molar-refractivity contribution in [2.45, 2.75) is 37.6 Å². The zero-order chi connectivity index (χ0) is 27.0. The lowest BCUT2D eigenvalue weighted by Crippen LogP contribution is -2.28. The van der Waals surface area contributed by atoms with Crippen molar-refractivity contribution in [3.8, 4) is 28.7 Å². The average molecular weight is 544 g/mol. The van der Waals surface area contributed by atoms with Crippen LogP contribution in [-0.4, -0.2) is 58.0 Å². The molecule has 5 rings (SSSR count). The summed E-state index contributed by atoms with van der Waals surface area (Å²) in [5.74, 6) is 5.55. The van der Waals surface area contributed by atoms with Crippen molar-refractivity contribution in [3.05, 3.63) is 52.3 Å². The molecule has 198 valence electrons. The van der Waals surface area contributed by atoms with Gasteiger partial charge in [0.2, 0.25) is 5.13 Å². The molecule has 1 aliphatic carbocycles. The molecule has 1 aliphatic heterocycles. The van der Waals surface area contributed by atoms with E-state index >= 15 is 0 Å². The second-order valence-corrected chi connectivity index (χ2v) is 10.2. The van der Waals surface area contributed by atoms with Crippen LogP contribution in [-0.2, 0) is 6.18 Å². The summed E-state index contributed by atoms with van der Waals surface area (Å²) in [6, 6.07) is 4.63. The van der Waals surface area contributed by atoms with E-state index in [9.17, 15) is 23.1 Å². The van der Waals surface area contributed by atoms with E-state index in [1.54, 1.807) is 18.0 Å². The fourth-order valence-electron chi connectivity index (χ4n) is 4.28. The molecular weight excluding hydrogens is 519 g/mol. The first-order valence-electron chi connectivity index (χ1n) is 11.9. The Bertz CT molecular complexity index is 1430. The number of methoxy groups -OCH3 is 1. The first kappa shape index (κ1) is 26.1. The number of ether oxygens (including phenoxy) is 1. The highest BCUT2D eigenvalue weighted by atomic mass is 32.1. The van der Waals surface area contributed by atoms with Crippen LogP contribution in [0.5, 0.6) is 5.75 Å². The molecule has 0 bridgehead atoms. The molecule has 12 heteroatoms. The molecule has 2 N–H and O–H groups in total. The zero-order valence-electron chi connectivity index (χ0n) is 20.5. The van der Waals surface area contributed by atoms with Gasteiger partial charge in [-0.25, -0.2) is 0 Å². The van der Waals surface area contributed by atoms with Crippen LogP contribution in [0.25, 0.3) is 11.1 Å². The summed E-state index contributed by atoms with van der Waals surface area (Å²) in [5, 5.41) is 21.8. The normalized spacial score (nSPS) is 19.6. The lowest BCUT2D eigenvalue weighted by atomic mass is 9.93. The monoisotopic (exact) mass is 543 g/mol. The number of rotatable bonds is 5. The number of hydrogen-bond acceptors (Lipinski definition) is 8. The first-order chi connectivity index (χ1) is 18.1. The summed E-state index contributed by atoms with van der Waals surface area (Å²) in [6.45, 7) is 0.626. The lowest BCUT2D eigenvalue weighted by molar-refractivity contribution is -0.137. The molecular formula is C26H24F3N5O3S. The van der Waals surface area contributed by atoms with Crippen molar-refractivity contribution < 1.29 is 27.8 Å². The van der Waals surface area contributed by atoms with Crippen LogP contribution in [0.3, 0.4) is 0 Å². The number of carbonyl (C=O) groups is 1. The third kappa shape index (κ3) is 5.50. The SMILES string of the molecule is COc1ccc(C(F)(F)F)cc1-c1cc(C2CCN(C)C2O)ncc1C(=O)Nc1nnc(C#CC2CC2)s1. The van der Waals surface area contributed by atoms with Gasteiger partial charge in [-0.2, -0.15) is 13.2 Å². The number of pyridine rings is 1. The summed E-state index contributed by atoms with van der Waals surface area (Å²) in [5.41, 5.74) is -0.142. The molecule has 0 spiro atoms. The third-order valence-electron chi connectivity index (χ3n) is 6.58. The van der Waals surface area contributed by atoms with Gasteiger partial charge in [-0.1, -0.05) is 17.3 Å². The number of halogens is 3. The molecule has 38 heavy (non-hydrogen) atoms. The number of likely N-dealkylation sites (N-methyl/N-ethyl adjacent to an activating group) is 1. The van der Waals surface area contributed by atoms with E-state index in [4.69, 9.17) is 4.74 Å². The van der Waals surface area contributed by atoms with Crippen molar-refractivity contribution >= 4 is 22.4 Å². The maximum atomic E-state index is 13.6. The Morgan fingerprint density at radius 1 is 1.21 bits per heavy atom. The molecule has 8 nitrogen and oxygen atoms in total. The number of carbonyl (C=O) groups excluding carboxylic acids is 1. The van der Waals surface area contributed by atoms with Gasteiger partial charge in [-0.05, 0) is 56.5 Å². The van der Waals surface area contributed by atoms with E-state index in [-0.39, 0.29) is 33.5 Å². The minimum Gasteiger partial charge on any atom is -0.496 e. The summed E-state index contributed by atoms with van der Waals surface area (Å²) in [6.07, 6.45) is -1.38. The maximum absolute atomic E-state index is 13.6. The minimum absolute atomic E-state index is 0.0213. The van der Waals surface area contributed by atoms with Gasteiger partial charge in [0.05, 0.1) is 18.2 Å². The Balaban J connectivity index is 1.55.